The van der Waals surface area contributed by atoms with E-state index in [0.717, 1.165) is 24.7 Å². The number of rotatable bonds is 4. The molecular weight excluding hydrogens is 212 g/mol. The highest BCUT2D eigenvalue weighted by molar-refractivity contribution is 5.69. The van der Waals surface area contributed by atoms with Crippen LogP contribution in [0.4, 0.5) is 0 Å². The van der Waals surface area contributed by atoms with Crippen LogP contribution >= 0.6 is 0 Å². The fourth-order valence-corrected chi connectivity index (χ4v) is 4.34. The third-order valence-electron chi connectivity index (χ3n) is 5.09. The van der Waals surface area contributed by atoms with Crippen LogP contribution in [0.15, 0.2) is 0 Å². The van der Waals surface area contributed by atoms with Crippen LogP contribution in [0.25, 0.3) is 0 Å². The normalized spacial score (nSPS) is 38.7. The Kier molecular flexibility index (Phi) is 3.79. The highest BCUT2D eigenvalue weighted by atomic mass is 16.4. The summed E-state index contributed by atoms with van der Waals surface area (Å²) >= 11 is 0. The molecule has 0 aliphatic heterocycles. The van der Waals surface area contributed by atoms with Crippen molar-refractivity contribution in [3.05, 3.63) is 0 Å². The summed E-state index contributed by atoms with van der Waals surface area (Å²) < 4.78 is 0. The largest absolute Gasteiger partial charge is 0.481 e. The Morgan fingerprint density at radius 3 is 2.94 bits per heavy atom. The highest BCUT2D eigenvalue weighted by Crippen LogP contribution is 2.53. The molecule has 3 unspecified atom stereocenters. The van der Waals surface area contributed by atoms with E-state index in [0.29, 0.717) is 5.41 Å². The van der Waals surface area contributed by atoms with Gasteiger partial charge in [-0.2, -0.15) is 0 Å². The third-order valence-corrected chi connectivity index (χ3v) is 5.09. The zero-order valence-electron chi connectivity index (χ0n) is 11.2. The van der Waals surface area contributed by atoms with Gasteiger partial charge in [0.2, 0.25) is 0 Å². The first-order valence-corrected chi connectivity index (χ1v) is 7.23. The van der Waals surface area contributed by atoms with Gasteiger partial charge in [-0.3, -0.25) is 4.79 Å². The number of carboxylic acid groups (broad SMARTS) is 1. The van der Waals surface area contributed by atoms with Crippen molar-refractivity contribution < 1.29 is 9.90 Å². The van der Waals surface area contributed by atoms with E-state index in [1.807, 2.05) is 6.92 Å². The molecule has 2 aliphatic carbocycles. The van der Waals surface area contributed by atoms with Gasteiger partial charge in [-0.25, -0.2) is 0 Å². The molecule has 98 valence electrons. The molecule has 4 atom stereocenters. The Labute approximate surface area is 105 Å². The van der Waals surface area contributed by atoms with Crippen LogP contribution in [0.2, 0.25) is 0 Å². The van der Waals surface area contributed by atoms with E-state index in [4.69, 9.17) is 5.11 Å². The van der Waals surface area contributed by atoms with Crippen molar-refractivity contribution in [2.75, 3.05) is 0 Å². The Hall–Kier alpha value is -0.530. The van der Waals surface area contributed by atoms with Gasteiger partial charge in [-0.1, -0.05) is 26.7 Å². The Bertz CT molecular complexity index is 283. The molecule has 0 radical (unpaired) electrons. The summed E-state index contributed by atoms with van der Waals surface area (Å²) in [5, 5.41) is 8.99. The van der Waals surface area contributed by atoms with Gasteiger partial charge in [0.05, 0.1) is 5.92 Å². The van der Waals surface area contributed by atoms with Gasteiger partial charge in [0.15, 0.2) is 0 Å². The summed E-state index contributed by atoms with van der Waals surface area (Å²) in [6.07, 6.45) is 10.3. The molecule has 0 saturated heterocycles. The van der Waals surface area contributed by atoms with Gasteiger partial charge in [-0.15, -0.1) is 0 Å². The molecular formula is C15H26O2. The molecule has 0 spiro atoms. The monoisotopic (exact) mass is 238 g/mol. The molecule has 2 fully saturated rings. The van der Waals surface area contributed by atoms with E-state index < -0.39 is 5.97 Å². The maximum atomic E-state index is 10.9. The number of fused-ring (bicyclic) bond motifs is 2. The fraction of sp³-hybridized carbons (Fsp3) is 0.933. The predicted molar refractivity (Wildman–Crippen MR) is 68.8 cm³/mol. The summed E-state index contributed by atoms with van der Waals surface area (Å²) in [5.74, 6) is 1.00. The lowest BCUT2D eigenvalue weighted by molar-refractivity contribution is -0.141. The lowest BCUT2D eigenvalue weighted by atomic mass is 9.57. The van der Waals surface area contributed by atoms with Crippen molar-refractivity contribution in [3.8, 4) is 0 Å². The summed E-state index contributed by atoms with van der Waals surface area (Å²) in [5.41, 5.74) is 0.504. The first kappa shape index (κ1) is 12.9. The Morgan fingerprint density at radius 2 is 2.24 bits per heavy atom. The maximum Gasteiger partial charge on any atom is 0.306 e. The molecule has 2 aliphatic rings. The first-order valence-electron chi connectivity index (χ1n) is 7.23. The molecule has 0 amide bonds. The zero-order valence-corrected chi connectivity index (χ0v) is 11.2. The van der Waals surface area contributed by atoms with Gasteiger partial charge in [-0.05, 0) is 55.8 Å². The fourth-order valence-electron chi connectivity index (χ4n) is 4.34. The Balaban J connectivity index is 1.94. The van der Waals surface area contributed by atoms with Crippen molar-refractivity contribution in [1.29, 1.82) is 0 Å². The molecule has 2 bridgehead atoms. The van der Waals surface area contributed by atoms with Crippen LogP contribution in [-0.2, 0) is 4.79 Å². The second-order valence-corrected chi connectivity index (χ2v) is 6.79. The first-order chi connectivity index (χ1) is 8.01. The molecule has 0 heterocycles. The molecule has 0 aromatic carbocycles. The molecule has 0 aromatic rings. The van der Waals surface area contributed by atoms with E-state index in [9.17, 15) is 4.79 Å². The summed E-state index contributed by atoms with van der Waals surface area (Å²) in [6.45, 7) is 4.23. The quantitative estimate of drug-likeness (QED) is 0.800. The minimum Gasteiger partial charge on any atom is -0.481 e. The molecule has 2 nitrogen and oxygen atoms in total. The molecule has 1 N–H and O–H groups in total. The van der Waals surface area contributed by atoms with Crippen LogP contribution in [0, 0.1) is 23.2 Å². The minimum atomic E-state index is -0.627. The van der Waals surface area contributed by atoms with Gasteiger partial charge < -0.3 is 5.11 Å². The van der Waals surface area contributed by atoms with E-state index >= 15 is 0 Å². The number of hydrogen-bond donors (Lipinski definition) is 1. The minimum absolute atomic E-state index is 0.165. The smallest absolute Gasteiger partial charge is 0.306 e. The van der Waals surface area contributed by atoms with E-state index in [1.165, 1.54) is 38.5 Å². The zero-order chi connectivity index (χ0) is 12.5. The van der Waals surface area contributed by atoms with Crippen LogP contribution in [-0.4, -0.2) is 11.1 Å². The van der Waals surface area contributed by atoms with Gasteiger partial charge >= 0.3 is 5.97 Å². The van der Waals surface area contributed by atoms with Crippen LogP contribution < -0.4 is 0 Å². The summed E-state index contributed by atoms with van der Waals surface area (Å²) in [6, 6.07) is 0. The standard InChI is InChI=1S/C15H26O2/c1-11-8-13-4-3-6-15(9-11,10-13)7-5-12(2)14(16)17/h11-13H,3-10H2,1-2H3,(H,16,17)/t11?,12-,13?,15?/m1/s1. The van der Waals surface area contributed by atoms with Crippen LogP contribution in [0.5, 0.6) is 0 Å². The van der Waals surface area contributed by atoms with Crippen molar-refractivity contribution >= 4 is 5.97 Å². The van der Waals surface area contributed by atoms with Crippen molar-refractivity contribution in [3.63, 3.8) is 0 Å². The average Bonchev–Trinajstić information content (AvgIpc) is 2.25. The van der Waals surface area contributed by atoms with E-state index in [-0.39, 0.29) is 5.92 Å². The van der Waals surface area contributed by atoms with Gasteiger partial charge in [0.25, 0.3) is 0 Å². The number of aliphatic carboxylic acids is 1. The number of carboxylic acids is 1. The Morgan fingerprint density at radius 1 is 1.47 bits per heavy atom. The van der Waals surface area contributed by atoms with E-state index in [1.54, 1.807) is 0 Å². The molecule has 17 heavy (non-hydrogen) atoms. The molecule has 2 rings (SSSR count). The second-order valence-electron chi connectivity index (χ2n) is 6.79. The predicted octanol–water partition coefficient (Wildman–Crippen LogP) is 4.09. The van der Waals surface area contributed by atoms with Crippen LogP contribution in [0.1, 0.15) is 65.2 Å². The average molecular weight is 238 g/mol. The van der Waals surface area contributed by atoms with Crippen molar-refractivity contribution in [2.45, 2.75) is 65.2 Å². The number of carbonyl (C=O) groups is 1. The van der Waals surface area contributed by atoms with Gasteiger partial charge in [0, 0.05) is 0 Å². The molecule has 0 aromatic heterocycles. The third kappa shape index (κ3) is 3.02. The SMILES string of the molecule is CC1CC2CCCC(CC[C@@H](C)C(=O)O)(C1)C2. The lowest BCUT2D eigenvalue weighted by Gasteiger charge is -2.48. The number of hydrogen-bond acceptors (Lipinski definition) is 1. The maximum absolute atomic E-state index is 10.9. The topological polar surface area (TPSA) is 37.3 Å². The molecule has 2 saturated carbocycles. The van der Waals surface area contributed by atoms with Crippen LogP contribution in [0.3, 0.4) is 0 Å². The molecule has 2 heteroatoms. The van der Waals surface area contributed by atoms with E-state index in [2.05, 4.69) is 6.92 Å². The summed E-state index contributed by atoms with van der Waals surface area (Å²) in [4.78, 5) is 10.9. The van der Waals surface area contributed by atoms with Crippen molar-refractivity contribution in [1.82, 2.24) is 0 Å². The van der Waals surface area contributed by atoms with Gasteiger partial charge in [0.1, 0.15) is 0 Å². The van der Waals surface area contributed by atoms with Crippen molar-refractivity contribution in [2.24, 2.45) is 23.2 Å². The lowest BCUT2D eigenvalue weighted by Crippen LogP contribution is -2.36. The summed E-state index contributed by atoms with van der Waals surface area (Å²) in [7, 11) is 0. The second kappa shape index (κ2) is 4.99. The highest BCUT2D eigenvalue weighted by Gasteiger charge is 2.41.